The first-order valence-electron chi connectivity index (χ1n) is 6.59. The van der Waals surface area contributed by atoms with Gasteiger partial charge in [-0.1, -0.05) is 34.1 Å². The summed E-state index contributed by atoms with van der Waals surface area (Å²) in [7, 11) is 6.23. The fraction of sp³-hybridized carbons (Fsp3) is 0.176. The number of nitrogens with zero attached hydrogens (tertiary/aromatic N) is 2. The van der Waals surface area contributed by atoms with Crippen LogP contribution in [0.3, 0.4) is 0 Å². The maximum atomic E-state index is 3.54. The number of rotatable bonds is 2. The Kier molecular flexibility index (Phi) is 3.30. The molecular weight excluding hydrogens is 312 g/mol. The van der Waals surface area contributed by atoms with Crippen LogP contribution >= 0.6 is 15.9 Å². The van der Waals surface area contributed by atoms with Crippen LogP contribution in [0.2, 0.25) is 0 Å². The van der Waals surface area contributed by atoms with Crippen LogP contribution < -0.4 is 4.90 Å². The van der Waals surface area contributed by atoms with Crippen molar-refractivity contribution in [3.63, 3.8) is 0 Å². The monoisotopic (exact) mass is 328 g/mol. The fourth-order valence-electron chi connectivity index (χ4n) is 2.51. The lowest BCUT2D eigenvalue weighted by atomic mass is 10.1. The largest absolute Gasteiger partial charge is 0.378 e. The van der Waals surface area contributed by atoms with E-state index in [0.717, 1.165) is 4.47 Å². The average molecular weight is 329 g/mol. The number of benzene rings is 2. The Hall–Kier alpha value is -1.74. The van der Waals surface area contributed by atoms with Crippen molar-refractivity contribution in [3.05, 3.63) is 53.0 Å². The number of aromatic nitrogens is 1. The molecule has 0 unspecified atom stereocenters. The molecule has 0 atom stereocenters. The zero-order chi connectivity index (χ0) is 14.3. The van der Waals surface area contributed by atoms with E-state index in [-0.39, 0.29) is 0 Å². The minimum absolute atomic E-state index is 1.11. The van der Waals surface area contributed by atoms with Crippen LogP contribution in [0.5, 0.6) is 0 Å². The van der Waals surface area contributed by atoms with Gasteiger partial charge in [0.1, 0.15) is 0 Å². The predicted octanol–water partition coefficient (Wildman–Crippen LogP) is 4.67. The predicted molar refractivity (Wildman–Crippen MR) is 90.4 cm³/mol. The molecule has 20 heavy (non-hydrogen) atoms. The van der Waals surface area contributed by atoms with E-state index in [1.165, 1.54) is 27.8 Å². The highest BCUT2D eigenvalue weighted by Crippen LogP contribution is 2.30. The summed E-state index contributed by atoms with van der Waals surface area (Å²) in [5.74, 6) is 0. The van der Waals surface area contributed by atoms with Crippen molar-refractivity contribution in [2.24, 2.45) is 7.05 Å². The molecule has 0 radical (unpaired) electrons. The van der Waals surface area contributed by atoms with Gasteiger partial charge < -0.3 is 9.47 Å². The fourth-order valence-corrected chi connectivity index (χ4v) is 2.86. The van der Waals surface area contributed by atoms with Gasteiger partial charge in [0.25, 0.3) is 0 Å². The second kappa shape index (κ2) is 4.98. The summed E-state index contributed by atoms with van der Waals surface area (Å²) in [4.78, 5) is 2.11. The van der Waals surface area contributed by atoms with E-state index in [1.807, 2.05) is 0 Å². The number of hydrogen-bond acceptors (Lipinski definition) is 1. The van der Waals surface area contributed by atoms with Crippen molar-refractivity contribution in [3.8, 4) is 11.3 Å². The molecule has 0 aliphatic rings. The summed E-state index contributed by atoms with van der Waals surface area (Å²) in [6.07, 6.45) is 0. The molecule has 0 aliphatic heterocycles. The molecule has 0 amide bonds. The molecule has 0 N–H and O–H groups in total. The lowest BCUT2D eigenvalue weighted by Gasteiger charge is -2.13. The van der Waals surface area contributed by atoms with E-state index < -0.39 is 0 Å². The summed E-state index contributed by atoms with van der Waals surface area (Å²) in [5, 5.41) is 1.27. The van der Waals surface area contributed by atoms with Gasteiger partial charge in [0.2, 0.25) is 0 Å². The quantitative estimate of drug-likeness (QED) is 0.663. The SMILES string of the molecule is CN(C)c1ccc(-c2cc3ccc(Br)cc3n2C)cc1. The van der Waals surface area contributed by atoms with Crippen LogP contribution in [0.1, 0.15) is 0 Å². The molecule has 2 nitrogen and oxygen atoms in total. The van der Waals surface area contributed by atoms with Gasteiger partial charge in [-0.25, -0.2) is 0 Å². The van der Waals surface area contributed by atoms with Gasteiger partial charge in [-0.2, -0.15) is 0 Å². The van der Waals surface area contributed by atoms with E-state index in [0.29, 0.717) is 0 Å². The van der Waals surface area contributed by atoms with Crippen molar-refractivity contribution in [1.29, 1.82) is 0 Å². The van der Waals surface area contributed by atoms with Crippen molar-refractivity contribution >= 4 is 32.5 Å². The third-order valence-electron chi connectivity index (χ3n) is 3.69. The Morgan fingerprint density at radius 3 is 2.30 bits per heavy atom. The maximum Gasteiger partial charge on any atom is 0.0493 e. The topological polar surface area (TPSA) is 8.17 Å². The molecule has 3 rings (SSSR count). The highest BCUT2D eigenvalue weighted by molar-refractivity contribution is 9.10. The zero-order valence-corrected chi connectivity index (χ0v) is 13.5. The van der Waals surface area contributed by atoms with Crippen molar-refractivity contribution < 1.29 is 0 Å². The zero-order valence-electron chi connectivity index (χ0n) is 11.9. The number of fused-ring (bicyclic) bond motifs is 1. The summed E-state index contributed by atoms with van der Waals surface area (Å²) in [5.41, 5.74) is 4.94. The first-order chi connectivity index (χ1) is 9.56. The number of aryl methyl sites for hydroxylation is 1. The molecule has 0 fully saturated rings. The maximum absolute atomic E-state index is 3.54. The van der Waals surface area contributed by atoms with E-state index >= 15 is 0 Å². The van der Waals surface area contributed by atoms with E-state index in [2.05, 4.69) is 95.1 Å². The van der Waals surface area contributed by atoms with Gasteiger partial charge in [0.15, 0.2) is 0 Å². The van der Waals surface area contributed by atoms with Crippen LogP contribution in [-0.4, -0.2) is 18.7 Å². The van der Waals surface area contributed by atoms with Crippen molar-refractivity contribution in [1.82, 2.24) is 4.57 Å². The Morgan fingerprint density at radius 2 is 1.65 bits per heavy atom. The minimum Gasteiger partial charge on any atom is -0.378 e. The highest BCUT2D eigenvalue weighted by atomic mass is 79.9. The summed E-state index contributed by atoms with van der Waals surface area (Å²) >= 11 is 3.54. The molecular formula is C17H17BrN2. The van der Waals surface area contributed by atoms with Crippen LogP contribution in [0.25, 0.3) is 22.2 Å². The Bertz CT molecular complexity index is 755. The Balaban J connectivity index is 2.12. The molecule has 0 spiro atoms. The minimum atomic E-state index is 1.11. The lowest BCUT2D eigenvalue weighted by Crippen LogP contribution is -2.08. The average Bonchev–Trinajstić information content (AvgIpc) is 2.76. The number of hydrogen-bond donors (Lipinski definition) is 0. The van der Waals surface area contributed by atoms with Gasteiger partial charge in [0, 0.05) is 47.9 Å². The molecule has 0 aliphatic carbocycles. The van der Waals surface area contributed by atoms with Crippen LogP contribution in [0.15, 0.2) is 53.0 Å². The standard InChI is InChI=1S/C17H17BrN2/c1-19(2)15-8-5-12(6-9-15)16-10-13-4-7-14(18)11-17(13)20(16)3/h4-11H,1-3H3. The smallest absolute Gasteiger partial charge is 0.0493 e. The molecule has 1 aromatic heterocycles. The third-order valence-corrected chi connectivity index (χ3v) is 4.18. The normalized spacial score (nSPS) is 11.0. The molecule has 1 heterocycles. The summed E-state index contributed by atoms with van der Waals surface area (Å²) in [6, 6.07) is 17.3. The molecule has 0 saturated carbocycles. The molecule has 102 valence electrons. The van der Waals surface area contributed by atoms with Crippen LogP contribution in [-0.2, 0) is 7.05 Å². The lowest BCUT2D eigenvalue weighted by molar-refractivity contribution is 0.978. The molecule has 0 saturated heterocycles. The highest BCUT2D eigenvalue weighted by Gasteiger charge is 2.08. The van der Waals surface area contributed by atoms with Crippen LogP contribution in [0.4, 0.5) is 5.69 Å². The number of anilines is 1. The van der Waals surface area contributed by atoms with Gasteiger partial charge in [0.05, 0.1) is 0 Å². The number of halogens is 1. The second-order valence-electron chi connectivity index (χ2n) is 5.23. The van der Waals surface area contributed by atoms with Gasteiger partial charge in [-0.15, -0.1) is 0 Å². The van der Waals surface area contributed by atoms with Gasteiger partial charge >= 0.3 is 0 Å². The van der Waals surface area contributed by atoms with Crippen molar-refractivity contribution in [2.45, 2.75) is 0 Å². The molecule has 0 bridgehead atoms. The molecule has 3 aromatic rings. The second-order valence-corrected chi connectivity index (χ2v) is 6.15. The first-order valence-corrected chi connectivity index (χ1v) is 7.38. The molecule has 2 aromatic carbocycles. The first kappa shape index (κ1) is 13.3. The van der Waals surface area contributed by atoms with E-state index in [9.17, 15) is 0 Å². The van der Waals surface area contributed by atoms with E-state index in [4.69, 9.17) is 0 Å². The van der Waals surface area contributed by atoms with E-state index in [1.54, 1.807) is 0 Å². The Morgan fingerprint density at radius 1 is 0.950 bits per heavy atom. The third kappa shape index (κ3) is 2.22. The van der Waals surface area contributed by atoms with Crippen molar-refractivity contribution in [2.75, 3.05) is 19.0 Å². The van der Waals surface area contributed by atoms with Gasteiger partial charge in [-0.3, -0.25) is 0 Å². The van der Waals surface area contributed by atoms with Crippen LogP contribution in [0, 0.1) is 0 Å². The summed E-state index contributed by atoms with van der Waals surface area (Å²) < 4.78 is 3.35. The Labute approximate surface area is 127 Å². The van der Waals surface area contributed by atoms with Gasteiger partial charge in [-0.05, 0) is 35.9 Å². The summed E-state index contributed by atoms with van der Waals surface area (Å²) in [6.45, 7) is 0. The molecule has 3 heteroatoms.